The molecule has 0 aliphatic rings. The molecule has 0 fully saturated rings. The molecular formula is C14H18ClN3. The number of halogens is 1. The molecule has 18 heavy (non-hydrogen) atoms. The van der Waals surface area contributed by atoms with Gasteiger partial charge in [-0.1, -0.05) is 23.7 Å². The Balaban J connectivity index is 2.31. The van der Waals surface area contributed by atoms with Gasteiger partial charge in [-0.2, -0.15) is 5.10 Å². The van der Waals surface area contributed by atoms with Crippen LogP contribution in [0.1, 0.15) is 20.8 Å². The lowest BCUT2D eigenvalue weighted by Gasteiger charge is -2.21. The molecule has 0 bridgehead atoms. The van der Waals surface area contributed by atoms with Crippen molar-refractivity contribution in [1.82, 2.24) is 9.78 Å². The molecule has 3 nitrogen and oxygen atoms in total. The highest BCUT2D eigenvalue weighted by Gasteiger charge is 2.13. The van der Waals surface area contributed by atoms with Crippen LogP contribution >= 0.6 is 11.6 Å². The van der Waals surface area contributed by atoms with E-state index in [2.05, 4.69) is 37.3 Å². The average molecular weight is 264 g/mol. The summed E-state index contributed by atoms with van der Waals surface area (Å²) in [6.45, 7) is 6.38. The topological polar surface area (TPSA) is 29.9 Å². The third kappa shape index (κ3) is 3.05. The van der Waals surface area contributed by atoms with E-state index >= 15 is 0 Å². The summed E-state index contributed by atoms with van der Waals surface area (Å²) in [6, 6.07) is 9.76. The molecular weight excluding hydrogens is 246 g/mol. The molecule has 1 aromatic heterocycles. The Labute approximate surface area is 113 Å². The molecule has 0 unspecified atom stereocenters. The number of hydrogen-bond donors (Lipinski definition) is 1. The summed E-state index contributed by atoms with van der Waals surface area (Å²) < 4.78 is 1.86. The standard InChI is InChI=1S/C14H18ClN3/c1-14(2,3)16-13-9-12(17-18(13)4)10-5-7-11(15)8-6-10/h5-9,16H,1-4H3. The van der Waals surface area contributed by atoms with Gasteiger partial charge in [0, 0.05) is 29.2 Å². The zero-order chi connectivity index (χ0) is 13.3. The summed E-state index contributed by atoms with van der Waals surface area (Å²) in [5.41, 5.74) is 2.03. The fourth-order valence-electron chi connectivity index (χ4n) is 1.73. The molecule has 0 saturated carbocycles. The van der Waals surface area contributed by atoms with Gasteiger partial charge >= 0.3 is 0 Å². The van der Waals surface area contributed by atoms with Gasteiger partial charge in [-0.3, -0.25) is 4.68 Å². The maximum atomic E-state index is 5.88. The predicted molar refractivity (Wildman–Crippen MR) is 77.0 cm³/mol. The molecule has 1 heterocycles. The average Bonchev–Trinajstić information content (AvgIpc) is 2.59. The van der Waals surface area contributed by atoms with Gasteiger partial charge in [-0.05, 0) is 32.9 Å². The number of anilines is 1. The van der Waals surface area contributed by atoms with Crippen LogP contribution in [0.4, 0.5) is 5.82 Å². The Morgan fingerprint density at radius 1 is 1.17 bits per heavy atom. The van der Waals surface area contributed by atoms with Crippen LogP contribution in [0.15, 0.2) is 30.3 Å². The normalized spacial score (nSPS) is 11.6. The highest BCUT2D eigenvalue weighted by Crippen LogP contribution is 2.24. The molecule has 4 heteroatoms. The Bertz CT molecular complexity index is 535. The first-order valence-corrected chi connectivity index (χ1v) is 6.31. The smallest absolute Gasteiger partial charge is 0.124 e. The second-order valence-electron chi connectivity index (χ2n) is 5.42. The van der Waals surface area contributed by atoms with Crippen molar-refractivity contribution in [3.05, 3.63) is 35.4 Å². The summed E-state index contributed by atoms with van der Waals surface area (Å²) >= 11 is 5.88. The first kappa shape index (κ1) is 13.0. The fourth-order valence-corrected chi connectivity index (χ4v) is 1.86. The Morgan fingerprint density at radius 3 is 2.33 bits per heavy atom. The summed E-state index contributed by atoms with van der Waals surface area (Å²) in [5.74, 6) is 1.01. The van der Waals surface area contributed by atoms with Crippen LogP contribution in [0.3, 0.4) is 0 Å². The molecule has 0 atom stereocenters. The largest absolute Gasteiger partial charge is 0.366 e. The molecule has 2 rings (SSSR count). The minimum atomic E-state index is 0.0189. The molecule has 0 aliphatic heterocycles. The van der Waals surface area contributed by atoms with Gasteiger partial charge in [0.1, 0.15) is 5.82 Å². The molecule has 1 aromatic carbocycles. The maximum absolute atomic E-state index is 5.88. The molecule has 0 radical (unpaired) electrons. The van der Waals surface area contributed by atoms with Gasteiger partial charge in [0.05, 0.1) is 5.69 Å². The van der Waals surface area contributed by atoms with Crippen molar-refractivity contribution < 1.29 is 0 Å². The van der Waals surface area contributed by atoms with Gasteiger partial charge in [-0.25, -0.2) is 0 Å². The van der Waals surface area contributed by atoms with Gasteiger partial charge in [0.2, 0.25) is 0 Å². The molecule has 96 valence electrons. The summed E-state index contributed by atoms with van der Waals surface area (Å²) in [7, 11) is 1.94. The number of nitrogens with one attached hydrogen (secondary N) is 1. The number of hydrogen-bond acceptors (Lipinski definition) is 2. The van der Waals surface area contributed by atoms with Crippen molar-refractivity contribution in [3.63, 3.8) is 0 Å². The molecule has 2 aromatic rings. The highest BCUT2D eigenvalue weighted by atomic mass is 35.5. The van der Waals surface area contributed by atoms with E-state index in [1.807, 2.05) is 36.0 Å². The minimum absolute atomic E-state index is 0.0189. The first-order chi connectivity index (χ1) is 8.35. The van der Waals surface area contributed by atoms with Gasteiger partial charge < -0.3 is 5.32 Å². The number of rotatable bonds is 2. The van der Waals surface area contributed by atoms with E-state index in [0.29, 0.717) is 0 Å². The molecule has 0 aliphatic carbocycles. The lowest BCUT2D eigenvalue weighted by Crippen LogP contribution is -2.27. The highest BCUT2D eigenvalue weighted by molar-refractivity contribution is 6.30. The summed E-state index contributed by atoms with van der Waals surface area (Å²) in [4.78, 5) is 0. The number of aryl methyl sites for hydroxylation is 1. The van der Waals surface area contributed by atoms with Crippen molar-refractivity contribution in [2.75, 3.05) is 5.32 Å². The van der Waals surface area contributed by atoms with E-state index in [0.717, 1.165) is 22.1 Å². The molecule has 0 amide bonds. The minimum Gasteiger partial charge on any atom is -0.366 e. The van der Waals surface area contributed by atoms with Crippen molar-refractivity contribution in [3.8, 4) is 11.3 Å². The Morgan fingerprint density at radius 2 is 1.78 bits per heavy atom. The van der Waals surface area contributed by atoms with E-state index in [1.165, 1.54) is 0 Å². The first-order valence-electron chi connectivity index (χ1n) is 5.93. The van der Waals surface area contributed by atoms with Crippen molar-refractivity contribution >= 4 is 17.4 Å². The van der Waals surface area contributed by atoms with Crippen LogP contribution in [0.2, 0.25) is 5.02 Å². The maximum Gasteiger partial charge on any atom is 0.124 e. The van der Waals surface area contributed by atoms with Gasteiger partial charge in [-0.15, -0.1) is 0 Å². The van der Waals surface area contributed by atoms with E-state index in [-0.39, 0.29) is 5.54 Å². The third-order valence-corrected chi connectivity index (χ3v) is 2.77. The van der Waals surface area contributed by atoms with Crippen LogP contribution in [0, 0.1) is 0 Å². The van der Waals surface area contributed by atoms with Crippen LogP contribution in [-0.2, 0) is 7.05 Å². The van der Waals surface area contributed by atoms with Crippen molar-refractivity contribution in [1.29, 1.82) is 0 Å². The van der Waals surface area contributed by atoms with Crippen LogP contribution < -0.4 is 5.32 Å². The van der Waals surface area contributed by atoms with Crippen LogP contribution in [-0.4, -0.2) is 15.3 Å². The SMILES string of the molecule is Cn1nc(-c2ccc(Cl)cc2)cc1NC(C)(C)C. The van der Waals surface area contributed by atoms with E-state index < -0.39 is 0 Å². The second kappa shape index (κ2) is 4.65. The Kier molecular flexibility index (Phi) is 3.35. The number of nitrogens with zero attached hydrogens (tertiary/aromatic N) is 2. The van der Waals surface area contributed by atoms with E-state index in [4.69, 9.17) is 11.6 Å². The summed E-state index contributed by atoms with van der Waals surface area (Å²) in [5, 5.41) is 8.67. The zero-order valence-electron chi connectivity index (χ0n) is 11.2. The zero-order valence-corrected chi connectivity index (χ0v) is 11.9. The van der Waals surface area contributed by atoms with Crippen LogP contribution in [0.25, 0.3) is 11.3 Å². The molecule has 0 spiro atoms. The second-order valence-corrected chi connectivity index (χ2v) is 5.86. The monoisotopic (exact) mass is 263 g/mol. The lowest BCUT2D eigenvalue weighted by atomic mass is 10.1. The molecule has 1 N–H and O–H groups in total. The number of aromatic nitrogens is 2. The fraction of sp³-hybridized carbons (Fsp3) is 0.357. The predicted octanol–water partition coefficient (Wildman–Crippen LogP) is 3.95. The van der Waals surface area contributed by atoms with Crippen molar-refractivity contribution in [2.24, 2.45) is 7.05 Å². The van der Waals surface area contributed by atoms with Gasteiger partial charge in [0.15, 0.2) is 0 Å². The third-order valence-electron chi connectivity index (χ3n) is 2.52. The van der Waals surface area contributed by atoms with Gasteiger partial charge in [0.25, 0.3) is 0 Å². The van der Waals surface area contributed by atoms with E-state index in [9.17, 15) is 0 Å². The van der Waals surface area contributed by atoms with E-state index in [1.54, 1.807) is 0 Å². The van der Waals surface area contributed by atoms with Crippen molar-refractivity contribution in [2.45, 2.75) is 26.3 Å². The van der Waals surface area contributed by atoms with Crippen LogP contribution in [0.5, 0.6) is 0 Å². The molecule has 0 saturated heterocycles. The quantitative estimate of drug-likeness (QED) is 0.889. The lowest BCUT2D eigenvalue weighted by molar-refractivity contribution is 0.617. The number of benzene rings is 1. The Hall–Kier alpha value is -1.48. The summed E-state index contributed by atoms with van der Waals surface area (Å²) in [6.07, 6.45) is 0.